The largest absolute Gasteiger partial charge is 0.380 e. The smallest absolute Gasteiger partial charge is 0.0645 e. The second-order valence-corrected chi connectivity index (χ2v) is 4.59. The van der Waals surface area contributed by atoms with Crippen molar-refractivity contribution in [1.82, 2.24) is 4.57 Å². The molecule has 92 valence electrons. The Morgan fingerprint density at radius 1 is 1.38 bits per heavy atom. The Kier molecular flexibility index (Phi) is 6.19. The highest BCUT2D eigenvalue weighted by Gasteiger charge is 1.97. The van der Waals surface area contributed by atoms with Crippen LogP contribution in [0.5, 0.6) is 0 Å². The fourth-order valence-corrected chi connectivity index (χ4v) is 1.54. The summed E-state index contributed by atoms with van der Waals surface area (Å²) in [5, 5.41) is 0. The second kappa shape index (κ2) is 7.47. The molecule has 0 fully saturated rings. The first-order valence-corrected chi connectivity index (χ1v) is 6.15. The molecular formula is C13H24N2O. The monoisotopic (exact) mass is 224 g/mol. The van der Waals surface area contributed by atoms with E-state index in [9.17, 15) is 0 Å². The molecule has 0 saturated heterocycles. The average molecular weight is 224 g/mol. The molecule has 1 aromatic heterocycles. The summed E-state index contributed by atoms with van der Waals surface area (Å²) in [6.45, 7) is 7.75. The van der Waals surface area contributed by atoms with Crippen LogP contribution in [-0.2, 0) is 17.7 Å². The van der Waals surface area contributed by atoms with E-state index in [1.165, 1.54) is 5.56 Å². The van der Waals surface area contributed by atoms with Gasteiger partial charge in [-0.3, -0.25) is 0 Å². The maximum atomic E-state index is 5.57. The Morgan fingerprint density at radius 3 is 2.88 bits per heavy atom. The Hall–Kier alpha value is -0.800. The van der Waals surface area contributed by atoms with Crippen molar-refractivity contribution in [2.75, 3.05) is 19.8 Å². The molecule has 3 heteroatoms. The van der Waals surface area contributed by atoms with Crippen LogP contribution >= 0.6 is 0 Å². The summed E-state index contributed by atoms with van der Waals surface area (Å²) in [6.07, 6.45) is 6.35. The third-order valence-corrected chi connectivity index (χ3v) is 2.58. The van der Waals surface area contributed by atoms with Crippen LogP contribution in [0, 0.1) is 5.92 Å². The highest BCUT2D eigenvalue weighted by atomic mass is 16.5. The molecule has 0 aliphatic heterocycles. The van der Waals surface area contributed by atoms with Gasteiger partial charge in [-0.2, -0.15) is 0 Å². The number of aromatic nitrogens is 1. The van der Waals surface area contributed by atoms with E-state index in [2.05, 4.69) is 36.9 Å². The van der Waals surface area contributed by atoms with Gasteiger partial charge in [0, 0.05) is 25.5 Å². The number of hydrogen-bond donors (Lipinski definition) is 1. The predicted molar refractivity (Wildman–Crippen MR) is 67.5 cm³/mol. The van der Waals surface area contributed by atoms with Crippen molar-refractivity contribution in [3.63, 3.8) is 0 Å². The van der Waals surface area contributed by atoms with Gasteiger partial charge in [-0.25, -0.2) is 0 Å². The number of nitrogens with zero attached hydrogens (tertiary/aromatic N) is 1. The molecule has 0 amide bonds. The molecule has 2 N–H and O–H groups in total. The lowest BCUT2D eigenvalue weighted by Crippen LogP contribution is -2.06. The van der Waals surface area contributed by atoms with E-state index in [4.69, 9.17) is 10.5 Å². The highest BCUT2D eigenvalue weighted by molar-refractivity contribution is 5.10. The quantitative estimate of drug-likeness (QED) is 0.687. The maximum Gasteiger partial charge on any atom is 0.0645 e. The molecule has 3 nitrogen and oxygen atoms in total. The first-order chi connectivity index (χ1) is 7.72. The van der Waals surface area contributed by atoms with Gasteiger partial charge in [0.25, 0.3) is 0 Å². The number of ether oxygens (including phenoxy) is 1. The van der Waals surface area contributed by atoms with Gasteiger partial charge < -0.3 is 15.0 Å². The van der Waals surface area contributed by atoms with E-state index in [0.29, 0.717) is 0 Å². The van der Waals surface area contributed by atoms with Crippen LogP contribution in [0.25, 0.3) is 0 Å². The van der Waals surface area contributed by atoms with E-state index in [1.807, 2.05) is 0 Å². The number of hydrogen-bond acceptors (Lipinski definition) is 2. The standard InChI is InChI=1S/C13H24N2O/c1-12(2)5-9-16-10-8-15-7-4-13(11-15)3-6-14/h4,7,11-12H,3,5-6,8-10,14H2,1-2H3. The maximum absolute atomic E-state index is 5.57. The summed E-state index contributed by atoms with van der Waals surface area (Å²) in [7, 11) is 0. The molecule has 1 rings (SSSR count). The van der Waals surface area contributed by atoms with Crippen molar-refractivity contribution in [2.24, 2.45) is 11.7 Å². The third kappa shape index (κ3) is 5.33. The van der Waals surface area contributed by atoms with Crippen molar-refractivity contribution < 1.29 is 4.74 Å². The minimum Gasteiger partial charge on any atom is -0.380 e. The minimum absolute atomic E-state index is 0.717. The Bertz CT molecular complexity index is 281. The van der Waals surface area contributed by atoms with Crippen LogP contribution in [0.15, 0.2) is 18.5 Å². The van der Waals surface area contributed by atoms with Crippen molar-refractivity contribution >= 4 is 0 Å². The van der Waals surface area contributed by atoms with Gasteiger partial charge in [0.05, 0.1) is 6.61 Å². The van der Waals surface area contributed by atoms with Crippen molar-refractivity contribution in [2.45, 2.75) is 33.2 Å². The summed E-state index contributed by atoms with van der Waals surface area (Å²) >= 11 is 0. The lowest BCUT2D eigenvalue weighted by Gasteiger charge is -2.07. The normalized spacial score (nSPS) is 11.2. The van der Waals surface area contributed by atoms with Gasteiger partial charge >= 0.3 is 0 Å². The van der Waals surface area contributed by atoms with Gasteiger partial charge in [0.15, 0.2) is 0 Å². The molecule has 0 aliphatic rings. The molecule has 0 radical (unpaired) electrons. The lowest BCUT2D eigenvalue weighted by molar-refractivity contribution is 0.116. The van der Waals surface area contributed by atoms with Crippen molar-refractivity contribution in [1.29, 1.82) is 0 Å². The summed E-state index contributed by atoms with van der Waals surface area (Å²) in [5.41, 5.74) is 6.81. The SMILES string of the molecule is CC(C)CCOCCn1ccc(CCN)c1. The Balaban J connectivity index is 2.12. The first-order valence-electron chi connectivity index (χ1n) is 6.15. The van der Waals surface area contributed by atoms with Gasteiger partial charge in [-0.15, -0.1) is 0 Å². The zero-order valence-electron chi connectivity index (χ0n) is 10.5. The zero-order chi connectivity index (χ0) is 11.8. The van der Waals surface area contributed by atoms with Gasteiger partial charge in [-0.1, -0.05) is 13.8 Å². The van der Waals surface area contributed by atoms with Crippen molar-refractivity contribution in [3.05, 3.63) is 24.0 Å². The molecule has 1 heterocycles. The molecule has 0 spiro atoms. The van der Waals surface area contributed by atoms with E-state index >= 15 is 0 Å². The minimum atomic E-state index is 0.717. The summed E-state index contributed by atoms with van der Waals surface area (Å²) < 4.78 is 7.74. The summed E-state index contributed by atoms with van der Waals surface area (Å²) in [4.78, 5) is 0. The summed E-state index contributed by atoms with van der Waals surface area (Å²) in [6, 6.07) is 2.13. The van der Waals surface area contributed by atoms with Gasteiger partial charge in [0.2, 0.25) is 0 Å². The van der Waals surface area contributed by atoms with E-state index in [-0.39, 0.29) is 0 Å². The highest BCUT2D eigenvalue weighted by Crippen LogP contribution is 2.02. The average Bonchev–Trinajstić information content (AvgIpc) is 2.65. The van der Waals surface area contributed by atoms with Crippen LogP contribution in [0.3, 0.4) is 0 Å². The third-order valence-electron chi connectivity index (χ3n) is 2.58. The van der Waals surface area contributed by atoms with Crippen LogP contribution in [-0.4, -0.2) is 24.3 Å². The zero-order valence-corrected chi connectivity index (χ0v) is 10.5. The fraction of sp³-hybridized carbons (Fsp3) is 0.692. The van der Waals surface area contributed by atoms with E-state index < -0.39 is 0 Å². The van der Waals surface area contributed by atoms with Gasteiger partial charge in [-0.05, 0) is 36.9 Å². The van der Waals surface area contributed by atoms with Crippen LogP contribution in [0.2, 0.25) is 0 Å². The second-order valence-electron chi connectivity index (χ2n) is 4.59. The molecule has 0 aromatic carbocycles. The lowest BCUT2D eigenvalue weighted by atomic mass is 10.1. The van der Waals surface area contributed by atoms with Crippen LogP contribution in [0.4, 0.5) is 0 Å². The van der Waals surface area contributed by atoms with E-state index in [1.54, 1.807) is 0 Å². The molecule has 16 heavy (non-hydrogen) atoms. The number of rotatable bonds is 8. The number of nitrogens with two attached hydrogens (primary N) is 1. The molecule has 0 bridgehead atoms. The molecule has 0 saturated carbocycles. The molecular weight excluding hydrogens is 200 g/mol. The summed E-state index contributed by atoms with van der Waals surface area (Å²) in [5.74, 6) is 0.725. The molecule has 0 unspecified atom stereocenters. The Labute approximate surface area is 98.6 Å². The van der Waals surface area contributed by atoms with Crippen LogP contribution in [0.1, 0.15) is 25.8 Å². The Morgan fingerprint density at radius 2 is 2.19 bits per heavy atom. The molecule has 0 aliphatic carbocycles. The van der Waals surface area contributed by atoms with Gasteiger partial charge in [0.1, 0.15) is 0 Å². The molecule has 0 atom stereocenters. The molecule has 1 aromatic rings. The predicted octanol–water partition coefficient (Wildman–Crippen LogP) is 2.05. The van der Waals surface area contributed by atoms with Crippen LogP contribution < -0.4 is 5.73 Å². The van der Waals surface area contributed by atoms with E-state index in [0.717, 1.165) is 45.1 Å². The fourth-order valence-electron chi connectivity index (χ4n) is 1.54. The topological polar surface area (TPSA) is 40.2 Å². The van der Waals surface area contributed by atoms with Crippen molar-refractivity contribution in [3.8, 4) is 0 Å². The first kappa shape index (κ1) is 13.3.